The third-order valence-electron chi connectivity index (χ3n) is 3.88. The molecule has 3 nitrogen and oxygen atoms in total. The van der Waals surface area contributed by atoms with Crippen molar-refractivity contribution >= 4 is 0 Å². The number of rotatable bonds is 4. The van der Waals surface area contributed by atoms with Gasteiger partial charge in [0.25, 0.3) is 0 Å². The lowest BCUT2D eigenvalue weighted by Gasteiger charge is -2.26. The van der Waals surface area contributed by atoms with Gasteiger partial charge >= 0.3 is 0 Å². The van der Waals surface area contributed by atoms with Crippen molar-refractivity contribution in [3.63, 3.8) is 0 Å². The van der Waals surface area contributed by atoms with Crippen LogP contribution >= 0.6 is 0 Å². The molecule has 4 atom stereocenters. The predicted molar refractivity (Wildman–Crippen MR) is 64.4 cm³/mol. The van der Waals surface area contributed by atoms with Gasteiger partial charge in [0.1, 0.15) is 0 Å². The van der Waals surface area contributed by atoms with Crippen LogP contribution in [-0.2, 0) is 4.74 Å². The second-order valence-corrected chi connectivity index (χ2v) is 5.49. The van der Waals surface area contributed by atoms with E-state index in [2.05, 4.69) is 12.2 Å². The maximum atomic E-state index is 9.57. The first-order chi connectivity index (χ1) is 7.74. The van der Waals surface area contributed by atoms with E-state index in [0.29, 0.717) is 18.1 Å². The van der Waals surface area contributed by atoms with Crippen molar-refractivity contribution in [2.24, 2.45) is 5.92 Å². The van der Waals surface area contributed by atoms with Crippen molar-refractivity contribution in [3.8, 4) is 0 Å². The quantitative estimate of drug-likeness (QED) is 0.768. The van der Waals surface area contributed by atoms with Crippen LogP contribution in [0.4, 0.5) is 0 Å². The highest BCUT2D eigenvalue weighted by atomic mass is 16.5. The van der Waals surface area contributed by atoms with E-state index < -0.39 is 0 Å². The van der Waals surface area contributed by atoms with Crippen LogP contribution in [0.25, 0.3) is 0 Å². The standard InChI is InChI=1S/C13H25NO2/c1-10-5-6-13(16-10)9-14-8-11-3-2-4-12(15)7-11/h10-15H,2-9H2,1H3. The van der Waals surface area contributed by atoms with Crippen LogP contribution in [-0.4, -0.2) is 36.5 Å². The van der Waals surface area contributed by atoms with E-state index in [1.165, 1.54) is 25.7 Å². The minimum atomic E-state index is -0.0525. The van der Waals surface area contributed by atoms with Crippen molar-refractivity contribution < 1.29 is 9.84 Å². The summed E-state index contributed by atoms with van der Waals surface area (Å²) in [6.45, 7) is 4.18. The first-order valence-electron chi connectivity index (χ1n) is 6.78. The summed E-state index contributed by atoms with van der Waals surface area (Å²) in [5, 5.41) is 13.1. The molecule has 1 saturated carbocycles. The molecule has 1 aliphatic carbocycles. The molecule has 0 amide bonds. The highest BCUT2D eigenvalue weighted by molar-refractivity contribution is 4.76. The normalized spacial score (nSPS) is 40.1. The summed E-state index contributed by atoms with van der Waals surface area (Å²) in [4.78, 5) is 0. The van der Waals surface area contributed by atoms with Crippen LogP contribution < -0.4 is 5.32 Å². The van der Waals surface area contributed by atoms with Crippen LogP contribution in [0.1, 0.15) is 45.4 Å². The molecular formula is C13H25NO2. The molecule has 2 rings (SSSR count). The molecule has 0 aromatic carbocycles. The number of hydrogen-bond donors (Lipinski definition) is 2. The van der Waals surface area contributed by atoms with Gasteiger partial charge in [0.15, 0.2) is 0 Å². The fraction of sp³-hybridized carbons (Fsp3) is 1.00. The summed E-state index contributed by atoms with van der Waals surface area (Å²) >= 11 is 0. The van der Waals surface area contributed by atoms with Gasteiger partial charge in [-0.1, -0.05) is 6.42 Å². The summed E-state index contributed by atoms with van der Waals surface area (Å²) in [5.41, 5.74) is 0. The lowest BCUT2D eigenvalue weighted by Crippen LogP contribution is -2.33. The summed E-state index contributed by atoms with van der Waals surface area (Å²) in [6, 6.07) is 0. The Bertz CT molecular complexity index is 210. The molecule has 2 N–H and O–H groups in total. The summed E-state index contributed by atoms with van der Waals surface area (Å²) in [6.07, 6.45) is 7.65. The molecule has 0 spiro atoms. The average Bonchev–Trinajstić information content (AvgIpc) is 2.64. The summed E-state index contributed by atoms with van der Waals surface area (Å²) in [7, 11) is 0. The summed E-state index contributed by atoms with van der Waals surface area (Å²) < 4.78 is 5.76. The molecular weight excluding hydrogens is 202 g/mol. The van der Waals surface area contributed by atoms with Gasteiger partial charge in [-0.25, -0.2) is 0 Å². The average molecular weight is 227 g/mol. The third kappa shape index (κ3) is 3.72. The molecule has 0 aromatic heterocycles. The molecule has 1 heterocycles. The van der Waals surface area contributed by atoms with Gasteiger partial charge in [0.2, 0.25) is 0 Å². The molecule has 0 radical (unpaired) electrons. The molecule has 3 heteroatoms. The number of hydrogen-bond acceptors (Lipinski definition) is 3. The fourth-order valence-corrected chi connectivity index (χ4v) is 2.93. The zero-order valence-electron chi connectivity index (χ0n) is 10.3. The Balaban J connectivity index is 1.57. The van der Waals surface area contributed by atoms with Crippen LogP contribution in [0.3, 0.4) is 0 Å². The molecule has 0 bridgehead atoms. The van der Waals surface area contributed by atoms with Gasteiger partial charge in [-0.15, -0.1) is 0 Å². The molecule has 1 aliphatic heterocycles. The lowest BCUT2D eigenvalue weighted by atomic mass is 9.87. The lowest BCUT2D eigenvalue weighted by molar-refractivity contribution is 0.0536. The van der Waals surface area contributed by atoms with Crippen LogP contribution in [0.15, 0.2) is 0 Å². The molecule has 2 fully saturated rings. The fourth-order valence-electron chi connectivity index (χ4n) is 2.93. The Labute approximate surface area is 98.6 Å². The number of ether oxygens (including phenoxy) is 1. The highest BCUT2D eigenvalue weighted by Crippen LogP contribution is 2.23. The first-order valence-corrected chi connectivity index (χ1v) is 6.78. The third-order valence-corrected chi connectivity index (χ3v) is 3.88. The van der Waals surface area contributed by atoms with Crippen LogP contribution in [0.2, 0.25) is 0 Å². The molecule has 4 unspecified atom stereocenters. The van der Waals surface area contributed by atoms with E-state index in [4.69, 9.17) is 4.74 Å². The second kappa shape index (κ2) is 5.99. The summed E-state index contributed by atoms with van der Waals surface area (Å²) in [5.74, 6) is 0.669. The number of aliphatic hydroxyl groups excluding tert-OH is 1. The largest absolute Gasteiger partial charge is 0.393 e. The smallest absolute Gasteiger partial charge is 0.0704 e. The van der Waals surface area contributed by atoms with E-state index in [-0.39, 0.29) is 6.10 Å². The Morgan fingerprint density at radius 2 is 2.06 bits per heavy atom. The van der Waals surface area contributed by atoms with Crippen molar-refractivity contribution in [1.82, 2.24) is 5.32 Å². The van der Waals surface area contributed by atoms with Crippen LogP contribution in [0, 0.1) is 5.92 Å². The van der Waals surface area contributed by atoms with Crippen molar-refractivity contribution in [2.45, 2.75) is 63.8 Å². The van der Waals surface area contributed by atoms with Crippen molar-refractivity contribution in [1.29, 1.82) is 0 Å². The Kier molecular flexibility index (Phi) is 4.62. The molecule has 0 aromatic rings. The van der Waals surface area contributed by atoms with E-state index in [9.17, 15) is 5.11 Å². The number of nitrogens with one attached hydrogen (secondary N) is 1. The van der Waals surface area contributed by atoms with Gasteiger partial charge in [-0.05, 0) is 51.5 Å². The highest BCUT2D eigenvalue weighted by Gasteiger charge is 2.23. The van der Waals surface area contributed by atoms with Gasteiger partial charge in [-0.2, -0.15) is 0 Å². The zero-order chi connectivity index (χ0) is 11.4. The number of aliphatic hydroxyl groups is 1. The van der Waals surface area contributed by atoms with Crippen molar-refractivity contribution in [2.75, 3.05) is 13.1 Å². The topological polar surface area (TPSA) is 41.5 Å². The van der Waals surface area contributed by atoms with E-state index in [0.717, 1.165) is 25.9 Å². The van der Waals surface area contributed by atoms with Gasteiger partial charge in [-0.3, -0.25) is 0 Å². The van der Waals surface area contributed by atoms with Gasteiger partial charge < -0.3 is 15.2 Å². The minimum Gasteiger partial charge on any atom is -0.393 e. The maximum Gasteiger partial charge on any atom is 0.0704 e. The monoisotopic (exact) mass is 227 g/mol. The van der Waals surface area contributed by atoms with Crippen molar-refractivity contribution in [3.05, 3.63) is 0 Å². The molecule has 2 aliphatic rings. The molecule has 16 heavy (non-hydrogen) atoms. The van der Waals surface area contributed by atoms with Crippen LogP contribution in [0.5, 0.6) is 0 Å². The SMILES string of the molecule is CC1CCC(CNCC2CCCC(O)C2)O1. The first kappa shape index (κ1) is 12.3. The maximum absolute atomic E-state index is 9.57. The molecule has 1 saturated heterocycles. The van der Waals surface area contributed by atoms with Gasteiger partial charge in [0.05, 0.1) is 18.3 Å². The Morgan fingerprint density at radius 3 is 2.75 bits per heavy atom. The van der Waals surface area contributed by atoms with E-state index in [1.54, 1.807) is 0 Å². The zero-order valence-corrected chi connectivity index (χ0v) is 10.3. The Morgan fingerprint density at radius 1 is 1.19 bits per heavy atom. The van der Waals surface area contributed by atoms with E-state index >= 15 is 0 Å². The minimum absolute atomic E-state index is 0.0525. The second-order valence-electron chi connectivity index (χ2n) is 5.49. The Hall–Kier alpha value is -0.120. The van der Waals surface area contributed by atoms with Gasteiger partial charge in [0, 0.05) is 6.54 Å². The van der Waals surface area contributed by atoms with E-state index in [1.807, 2.05) is 0 Å². The molecule has 94 valence electrons. The predicted octanol–water partition coefficient (Wildman–Crippen LogP) is 1.69.